The third-order valence-electron chi connectivity index (χ3n) is 5.79. The molecule has 3 rings (SSSR count). The SMILES string of the molecule is COC(=O)C(CCc1ccc(OC)cc1)NC(=O)C1CC12CCNCC2. The number of rotatable bonds is 7. The van der Waals surface area contributed by atoms with Gasteiger partial charge in [0.05, 0.1) is 14.2 Å². The monoisotopic (exact) mass is 360 g/mol. The average molecular weight is 360 g/mol. The van der Waals surface area contributed by atoms with Crippen LogP contribution in [-0.2, 0) is 20.7 Å². The summed E-state index contributed by atoms with van der Waals surface area (Å²) in [5.41, 5.74) is 1.25. The number of ether oxygens (including phenoxy) is 2. The van der Waals surface area contributed by atoms with Gasteiger partial charge in [0.1, 0.15) is 11.8 Å². The van der Waals surface area contributed by atoms with Crippen LogP contribution >= 0.6 is 0 Å². The first-order valence-electron chi connectivity index (χ1n) is 9.30. The summed E-state index contributed by atoms with van der Waals surface area (Å²) >= 11 is 0. The van der Waals surface area contributed by atoms with Gasteiger partial charge in [0.15, 0.2) is 0 Å². The van der Waals surface area contributed by atoms with E-state index in [1.807, 2.05) is 24.3 Å². The van der Waals surface area contributed by atoms with E-state index >= 15 is 0 Å². The van der Waals surface area contributed by atoms with E-state index in [4.69, 9.17) is 9.47 Å². The summed E-state index contributed by atoms with van der Waals surface area (Å²) in [6.07, 6.45) is 4.22. The lowest BCUT2D eigenvalue weighted by Gasteiger charge is -2.24. The minimum atomic E-state index is -0.603. The predicted molar refractivity (Wildman–Crippen MR) is 97.9 cm³/mol. The molecule has 6 nitrogen and oxygen atoms in total. The minimum absolute atomic E-state index is 0.00275. The van der Waals surface area contributed by atoms with Crippen LogP contribution in [-0.4, -0.2) is 45.2 Å². The maximum atomic E-state index is 12.6. The van der Waals surface area contributed by atoms with Crippen LogP contribution in [0, 0.1) is 11.3 Å². The number of carbonyl (C=O) groups excluding carboxylic acids is 2. The Bertz CT molecular complexity index is 638. The Morgan fingerprint density at radius 3 is 2.54 bits per heavy atom. The summed E-state index contributed by atoms with van der Waals surface area (Å²) in [7, 11) is 2.99. The third-order valence-corrected chi connectivity index (χ3v) is 5.79. The highest BCUT2D eigenvalue weighted by Crippen LogP contribution is 2.58. The molecule has 1 aromatic carbocycles. The second-order valence-electron chi connectivity index (χ2n) is 7.34. The van der Waals surface area contributed by atoms with Gasteiger partial charge in [0.25, 0.3) is 0 Å². The molecule has 0 aromatic heterocycles. The Labute approximate surface area is 154 Å². The van der Waals surface area contributed by atoms with E-state index in [9.17, 15) is 9.59 Å². The molecule has 1 aromatic rings. The van der Waals surface area contributed by atoms with E-state index in [1.165, 1.54) is 7.11 Å². The fourth-order valence-electron chi connectivity index (χ4n) is 3.96. The van der Waals surface area contributed by atoms with Crippen molar-refractivity contribution in [3.05, 3.63) is 29.8 Å². The summed E-state index contributed by atoms with van der Waals surface area (Å²) in [6.45, 7) is 1.95. The van der Waals surface area contributed by atoms with Gasteiger partial charge in [-0.3, -0.25) is 4.79 Å². The lowest BCUT2D eigenvalue weighted by molar-refractivity contribution is -0.145. The molecule has 0 bridgehead atoms. The van der Waals surface area contributed by atoms with E-state index in [2.05, 4.69) is 10.6 Å². The molecule has 142 valence electrons. The highest BCUT2D eigenvalue weighted by Gasteiger charge is 2.57. The second kappa shape index (κ2) is 8.08. The number of benzene rings is 1. The van der Waals surface area contributed by atoms with Crippen LogP contribution in [0.3, 0.4) is 0 Å². The number of piperidine rings is 1. The van der Waals surface area contributed by atoms with Crippen molar-refractivity contribution in [3.8, 4) is 5.75 Å². The summed E-state index contributed by atoms with van der Waals surface area (Å²) in [6, 6.07) is 7.13. The first-order chi connectivity index (χ1) is 12.6. The Kier molecular flexibility index (Phi) is 5.81. The van der Waals surface area contributed by atoms with Crippen molar-refractivity contribution in [3.63, 3.8) is 0 Å². The third kappa shape index (κ3) is 4.18. The highest BCUT2D eigenvalue weighted by atomic mass is 16.5. The van der Waals surface area contributed by atoms with Crippen molar-refractivity contribution in [2.24, 2.45) is 11.3 Å². The quantitative estimate of drug-likeness (QED) is 0.724. The summed E-state index contributed by atoms with van der Waals surface area (Å²) < 4.78 is 10.0. The van der Waals surface area contributed by atoms with E-state index in [1.54, 1.807) is 7.11 Å². The maximum absolute atomic E-state index is 12.6. The lowest BCUT2D eigenvalue weighted by Crippen LogP contribution is -2.43. The number of aryl methyl sites for hydroxylation is 1. The van der Waals surface area contributed by atoms with Crippen molar-refractivity contribution >= 4 is 11.9 Å². The van der Waals surface area contributed by atoms with Gasteiger partial charge >= 0.3 is 5.97 Å². The Balaban J connectivity index is 1.55. The fraction of sp³-hybridized carbons (Fsp3) is 0.600. The lowest BCUT2D eigenvalue weighted by atomic mass is 9.91. The van der Waals surface area contributed by atoms with Crippen LogP contribution in [0.1, 0.15) is 31.2 Å². The number of esters is 1. The van der Waals surface area contributed by atoms with Gasteiger partial charge in [-0.2, -0.15) is 0 Å². The molecule has 2 fully saturated rings. The molecule has 2 atom stereocenters. The van der Waals surface area contributed by atoms with E-state index in [-0.39, 0.29) is 23.2 Å². The maximum Gasteiger partial charge on any atom is 0.328 e. The van der Waals surface area contributed by atoms with E-state index in [0.29, 0.717) is 12.8 Å². The van der Waals surface area contributed by atoms with Gasteiger partial charge in [-0.15, -0.1) is 0 Å². The van der Waals surface area contributed by atoms with Crippen LogP contribution in [0.5, 0.6) is 5.75 Å². The van der Waals surface area contributed by atoms with Crippen molar-refractivity contribution in [2.75, 3.05) is 27.3 Å². The standard InChI is InChI=1S/C20H28N2O4/c1-25-15-6-3-14(4-7-15)5-8-17(19(24)26-2)22-18(23)16-13-20(16)9-11-21-12-10-20/h3-4,6-7,16-17,21H,5,8-13H2,1-2H3,(H,22,23). The molecule has 0 radical (unpaired) electrons. The molecular weight excluding hydrogens is 332 g/mol. The number of methoxy groups -OCH3 is 2. The number of hydrogen-bond donors (Lipinski definition) is 2. The van der Waals surface area contributed by atoms with E-state index in [0.717, 1.165) is 43.7 Å². The summed E-state index contributed by atoms with van der Waals surface area (Å²) in [5, 5.41) is 6.28. The first-order valence-corrected chi connectivity index (χ1v) is 9.30. The van der Waals surface area contributed by atoms with Gasteiger partial charge in [0.2, 0.25) is 5.91 Å². The zero-order valence-corrected chi connectivity index (χ0v) is 15.5. The van der Waals surface area contributed by atoms with Crippen molar-refractivity contribution in [1.29, 1.82) is 0 Å². The Morgan fingerprint density at radius 2 is 1.92 bits per heavy atom. The molecule has 1 spiro atoms. The van der Waals surface area contributed by atoms with Gasteiger partial charge in [-0.1, -0.05) is 12.1 Å². The zero-order chi connectivity index (χ0) is 18.6. The Morgan fingerprint density at radius 1 is 1.23 bits per heavy atom. The molecule has 1 saturated carbocycles. The molecule has 1 heterocycles. The molecule has 2 unspecified atom stereocenters. The van der Waals surface area contributed by atoms with Crippen LogP contribution in [0.4, 0.5) is 0 Å². The molecule has 1 aliphatic carbocycles. The molecule has 1 aliphatic heterocycles. The summed E-state index contributed by atoms with van der Waals surface area (Å²) in [4.78, 5) is 24.8. The molecule has 2 N–H and O–H groups in total. The van der Waals surface area contributed by atoms with Gasteiger partial charge in [0, 0.05) is 5.92 Å². The van der Waals surface area contributed by atoms with Gasteiger partial charge in [-0.05, 0) is 68.3 Å². The van der Waals surface area contributed by atoms with Gasteiger partial charge in [-0.25, -0.2) is 4.79 Å². The molecule has 1 amide bonds. The zero-order valence-electron chi connectivity index (χ0n) is 15.5. The van der Waals surface area contributed by atoms with Crippen molar-refractivity contribution < 1.29 is 19.1 Å². The molecule has 1 saturated heterocycles. The highest BCUT2D eigenvalue weighted by molar-refractivity contribution is 5.88. The van der Waals surface area contributed by atoms with Crippen LogP contribution in [0.25, 0.3) is 0 Å². The Hall–Kier alpha value is -2.08. The van der Waals surface area contributed by atoms with Crippen LogP contribution < -0.4 is 15.4 Å². The normalized spacial score (nSPS) is 21.7. The van der Waals surface area contributed by atoms with E-state index < -0.39 is 6.04 Å². The van der Waals surface area contributed by atoms with Crippen molar-refractivity contribution in [2.45, 2.75) is 38.1 Å². The molecule has 26 heavy (non-hydrogen) atoms. The van der Waals surface area contributed by atoms with Crippen LogP contribution in [0.2, 0.25) is 0 Å². The largest absolute Gasteiger partial charge is 0.497 e. The second-order valence-corrected chi connectivity index (χ2v) is 7.34. The predicted octanol–water partition coefficient (Wildman–Crippen LogP) is 1.68. The fourth-order valence-corrected chi connectivity index (χ4v) is 3.96. The number of carbonyl (C=O) groups is 2. The molecule has 6 heteroatoms. The minimum Gasteiger partial charge on any atom is -0.497 e. The van der Waals surface area contributed by atoms with Crippen molar-refractivity contribution in [1.82, 2.24) is 10.6 Å². The number of nitrogens with one attached hydrogen (secondary N) is 2. The van der Waals surface area contributed by atoms with Gasteiger partial charge < -0.3 is 20.1 Å². The van der Waals surface area contributed by atoms with Crippen LogP contribution in [0.15, 0.2) is 24.3 Å². The topological polar surface area (TPSA) is 76.7 Å². The first kappa shape index (κ1) is 18.7. The average Bonchev–Trinajstić information content (AvgIpc) is 3.38. The molecular formula is C20H28N2O4. The number of hydrogen-bond acceptors (Lipinski definition) is 5. The number of amides is 1. The molecule has 2 aliphatic rings. The summed E-state index contributed by atoms with van der Waals surface area (Å²) in [5.74, 6) is 0.453. The smallest absolute Gasteiger partial charge is 0.328 e.